The largest absolute Gasteiger partial charge is 0.399 e. The van der Waals surface area contributed by atoms with Crippen molar-refractivity contribution in [3.8, 4) is 0 Å². The molecule has 19 heavy (non-hydrogen) atoms. The zero-order valence-electron chi connectivity index (χ0n) is 10.8. The molecule has 2 aromatic carbocycles. The molecule has 0 spiro atoms. The van der Waals surface area contributed by atoms with E-state index in [1.807, 2.05) is 37.3 Å². The van der Waals surface area contributed by atoms with Crippen molar-refractivity contribution in [3.05, 3.63) is 59.7 Å². The molecule has 2 aromatic rings. The van der Waals surface area contributed by atoms with Gasteiger partial charge >= 0.3 is 0 Å². The van der Waals surface area contributed by atoms with E-state index in [2.05, 4.69) is 5.32 Å². The van der Waals surface area contributed by atoms with E-state index in [-0.39, 0.29) is 11.9 Å². The molecule has 0 aliphatic rings. The molecule has 0 saturated heterocycles. The SMILES string of the molecule is C[C@@H](NC(=O)c1cc(N)cc(N)c1)c1ccccc1. The Morgan fingerprint density at radius 3 is 2.21 bits per heavy atom. The van der Waals surface area contributed by atoms with Gasteiger partial charge in [-0.3, -0.25) is 4.79 Å². The van der Waals surface area contributed by atoms with Crippen molar-refractivity contribution in [1.82, 2.24) is 5.32 Å². The lowest BCUT2D eigenvalue weighted by Gasteiger charge is -2.14. The first-order valence-electron chi connectivity index (χ1n) is 6.08. The number of nitrogen functional groups attached to an aromatic ring is 2. The van der Waals surface area contributed by atoms with E-state index >= 15 is 0 Å². The van der Waals surface area contributed by atoms with Crippen LogP contribution in [-0.4, -0.2) is 5.91 Å². The van der Waals surface area contributed by atoms with Gasteiger partial charge in [-0.2, -0.15) is 0 Å². The molecule has 98 valence electrons. The van der Waals surface area contributed by atoms with Gasteiger partial charge in [0.25, 0.3) is 5.91 Å². The van der Waals surface area contributed by atoms with Gasteiger partial charge in [-0.05, 0) is 30.7 Å². The molecule has 4 heteroatoms. The highest BCUT2D eigenvalue weighted by Crippen LogP contribution is 2.16. The summed E-state index contributed by atoms with van der Waals surface area (Å²) < 4.78 is 0. The Kier molecular flexibility index (Phi) is 3.71. The number of nitrogens with one attached hydrogen (secondary N) is 1. The summed E-state index contributed by atoms with van der Waals surface area (Å²) in [6, 6.07) is 14.5. The van der Waals surface area contributed by atoms with Crippen LogP contribution in [0.3, 0.4) is 0 Å². The maximum absolute atomic E-state index is 12.1. The zero-order chi connectivity index (χ0) is 13.8. The molecule has 1 amide bonds. The second-order valence-corrected chi connectivity index (χ2v) is 4.49. The summed E-state index contributed by atoms with van der Waals surface area (Å²) in [5, 5.41) is 2.92. The zero-order valence-corrected chi connectivity index (χ0v) is 10.8. The van der Waals surface area contributed by atoms with E-state index in [0.717, 1.165) is 5.56 Å². The minimum Gasteiger partial charge on any atom is -0.399 e. The lowest BCUT2D eigenvalue weighted by atomic mass is 10.1. The minimum absolute atomic E-state index is 0.0728. The van der Waals surface area contributed by atoms with Crippen LogP contribution in [0.5, 0.6) is 0 Å². The normalized spacial score (nSPS) is 11.8. The van der Waals surface area contributed by atoms with Crippen LogP contribution >= 0.6 is 0 Å². The van der Waals surface area contributed by atoms with Gasteiger partial charge < -0.3 is 16.8 Å². The second kappa shape index (κ2) is 5.44. The van der Waals surface area contributed by atoms with Gasteiger partial charge in [0.05, 0.1) is 6.04 Å². The van der Waals surface area contributed by atoms with Crippen molar-refractivity contribution >= 4 is 17.3 Å². The van der Waals surface area contributed by atoms with Crippen molar-refractivity contribution < 1.29 is 4.79 Å². The average molecular weight is 255 g/mol. The number of rotatable bonds is 3. The Morgan fingerprint density at radius 2 is 1.63 bits per heavy atom. The molecular weight excluding hydrogens is 238 g/mol. The molecule has 0 bridgehead atoms. The van der Waals surface area contributed by atoms with E-state index < -0.39 is 0 Å². The molecular formula is C15H17N3O. The van der Waals surface area contributed by atoms with Gasteiger partial charge in [-0.15, -0.1) is 0 Å². The fourth-order valence-corrected chi connectivity index (χ4v) is 1.91. The molecule has 0 aromatic heterocycles. The van der Waals surface area contributed by atoms with Gasteiger partial charge in [0, 0.05) is 16.9 Å². The van der Waals surface area contributed by atoms with E-state index in [4.69, 9.17) is 11.5 Å². The number of amides is 1. The molecule has 0 saturated carbocycles. The van der Waals surface area contributed by atoms with Crippen LogP contribution in [0.25, 0.3) is 0 Å². The monoisotopic (exact) mass is 255 g/mol. The van der Waals surface area contributed by atoms with Gasteiger partial charge in [0.15, 0.2) is 0 Å². The van der Waals surface area contributed by atoms with E-state index in [1.54, 1.807) is 18.2 Å². The number of hydrogen-bond acceptors (Lipinski definition) is 3. The van der Waals surface area contributed by atoms with Crippen LogP contribution in [0.2, 0.25) is 0 Å². The maximum atomic E-state index is 12.1. The Labute approximate surface area is 112 Å². The van der Waals surface area contributed by atoms with Gasteiger partial charge in [0.1, 0.15) is 0 Å². The Bertz CT molecular complexity index is 561. The molecule has 0 aliphatic carbocycles. The summed E-state index contributed by atoms with van der Waals surface area (Å²) in [7, 11) is 0. The van der Waals surface area contributed by atoms with Crippen LogP contribution in [0.1, 0.15) is 28.9 Å². The summed E-state index contributed by atoms with van der Waals surface area (Å²) in [4.78, 5) is 12.1. The number of hydrogen-bond donors (Lipinski definition) is 3. The standard InChI is InChI=1S/C15H17N3O/c1-10(11-5-3-2-4-6-11)18-15(19)12-7-13(16)9-14(17)8-12/h2-10H,16-17H2,1H3,(H,18,19)/t10-/m1/s1. The van der Waals surface area contributed by atoms with Crippen molar-refractivity contribution in [3.63, 3.8) is 0 Å². The lowest BCUT2D eigenvalue weighted by Crippen LogP contribution is -2.26. The lowest BCUT2D eigenvalue weighted by molar-refractivity contribution is 0.0940. The van der Waals surface area contributed by atoms with Crippen molar-refractivity contribution in [2.45, 2.75) is 13.0 Å². The first-order valence-corrected chi connectivity index (χ1v) is 6.08. The van der Waals surface area contributed by atoms with Crippen LogP contribution < -0.4 is 16.8 Å². The smallest absolute Gasteiger partial charge is 0.251 e. The van der Waals surface area contributed by atoms with Crippen LogP contribution in [0, 0.1) is 0 Å². The van der Waals surface area contributed by atoms with Crippen molar-refractivity contribution in [1.29, 1.82) is 0 Å². The number of benzene rings is 2. The Morgan fingerprint density at radius 1 is 1.05 bits per heavy atom. The van der Waals surface area contributed by atoms with Gasteiger partial charge in [-0.25, -0.2) is 0 Å². The molecule has 0 radical (unpaired) electrons. The third kappa shape index (κ3) is 3.25. The molecule has 1 atom stereocenters. The fourth-order valence-electron chi connectivity index (χ4n) is 1.91. The highest BCUT2D eigenvalue weighted by Gasteiger charge is 2.11. The summed E-state index contributed by atoms with van der Waals surface area (Å²) in [6.07, 6.45) is 0. The molecule has 5 N–H and O–H groups in total. The van der Waals surface area contributed by atoms with Crippen molar-refractivity contribution in [2.75, 3.05) is 11.5 Å². The Balaban J connectivity index is 2.13. The summed E-state index contributed by atoms with van der Waals surface area (Å²) in [6.45, 7) is 1.93. The number of carbonyl (C=O) groups is 1. The van der Waals surface area contributed by atoms with E-state index in [9.17, 15) is 4.79 Å². The molecule has 4 nitrogen and oxygen atoms in total. The molecule has 0 heterocycles. The highest BCUT2D eigenvalue weighted by atomic mass is 16.1. The maximum Gasteiger partial charge on any atom is 0.251 e. The third-order valence-corrected chi connectivity index (χ3v) is 2.89. The van der Waals surface area contributed by atoms with Gasteiger partial charge in [-0.1, -0.05) is 30.3 Å². The highest BCUT2D eigenvalue weighted by molar-refractivity contribution is 5.96. The number of nitrogens with two attached hydrogens (primary N) is 2. The summed E-state index contributed by atoms with van der Waals surface area (Å²) in [5.41, 5.74) is 13.8. The first-order chi connectivity index (χ1) is 9.06. The fraction of sp³-hybridized carbons (Fsp3) is 0.133. The minimum atomic E-state index is -0.185. The van der Waals surface area contributed by atoms with E-state index in [1.165, 1.54) is 0 Å². The average Bonchev–Trinajstić information content (AvgIpc) is 2.38. The first kappa shape index (κ1) is 13.0. The second-order valence-electron chi connectivity index (χ2n) is 4.49. The number of carbonyl (C=O) groups excluding carboxylic acids is 1. The molecule has 0 aliphatic heterocycles. The van der Waals surface area contributed by atoms with Crippen LogP contribution in [0.15, 0.2) is 48.5 Å². The predicted octanol–water partition coefficient (Wildman–Crippen LogP) is 2.34. The topological polar surface area (TPSA) is 81.1 Å². The molecule has 0 fully saturated rings. The third-order valence-electron chi connectivity index (χ3n) is 2.89. The Hall–Kier alpha value is -2.49. The van der Waals surface area contributed by atoms with Crippen LogP contribution in [0.4, 0.5) is 11.4 Å². The number of anilines is 2. The summed E-state index contributed by atoms with van der Waals surface area (Å²) in [5.74, 6) is -0.185. The summed E-state index contributed by atoms with van der Waals surface area (Å²) >= 11 is 0. The molecule has 0 unspecified atom stereocenters. The van der Waals surface area contributed by atoms with Gasteiger partial charge in [0.2, 0.25) is 0 Å². The van der Waals surface area contributed by atoms with Crippen LogP contribution in [-0.2, 0) is 0 Å². The van der Waals surface area contributed by atoms with E-state index in [0.29, 0.717) is 16.9 Å². The predicted molar refractivity (Wildman–Crippen MR) is 77.6 cm³/mol. The van der Waals surface area contributed by atoms with Crippen molar-refractivity contribution in [2.24, 2.45) is 0 Å². The quantitative estimate of drug-likeness (QED) is 0.736. The molecule has 2 rings (SSSR count).